The van der Waals surface area contributed by atoms with Crippen LogP contribution < -0.4 is 26.0 Å². The third-order valence-electron chi connectivity index (χ3n) is 7.52. The molecule has 1 saturated heterocycles. The lowest BCUT2D eigenvalue weighted by Crippen LogP contribution is -2.48. The Labute approximate surface area is 349 Å². The van der Waals surface area contributed by atoms with Crippen molar-refractivity contribution in [3.8, 4) is 5.75 Å². The minimum atomic E-state index is -0.876. The number of guanidine groups is 2. The van der Waals surface area contributed by atoms with Gasteiger partial charge in [-0.3, -0.25) is 20.3 Å². The summed E-state index contributed by atoms with van der Waals surface area (Å²) in [6, 6.07) is 7.00. The first kappa shape index (κ1) is 50.0. The van der Waals surface area contributed by atoms with Crippen LogP contribution in [0.3, 0.4) is 0 Å². The normalized spacial score (nSPS) is 14.5. The Balaban J connectivity index is 1.72. The molecule has 0 atom stereocenters. The molecule has 0 radical (unpaired) electrons. The van der Waals surface area contributed by atoms with Gasteiger partial charge >= 0.3 is 24.4 Å². The highest BCUT2D eigenvalue weighted by Crippen LogP contribution is 2.17. The molecule has 1 aromatic rings. The van der Waals surface area contributed by atoms with Gasteiger partial charge in [-0.1, -0.05) is 6.42 Å². The van der Waals surface area contributed by atoms with Gasteiger partial charge in [-0.05, 0) is 127 Å². The number of aliphatic imine (C=N–C) groups is 2. The summed E-state index contributed by atoms with van der Waals surface area (Å²) in [5.74, 6) is 0.566. The summed E-state index contributed by atoms with van der Waals surface area (Å²) in [5, 5.41) is 10.8. The lowest BCUT2D eigenvalue weighted by molar-refractivity contribution is -0.133. The average molecular weight is 833 g/mol. The van der Waals surface area contributed by atoms with Gasteiger partial charge in [0.15, 0.2) is 0 Å². The maximum atomic E-state index is 12.9. The molecule has 5 amide bonds. The topological polar surface area (TPSA) is 211 Å². The molecule has 1 aliphatic heterocycles. The molecule has 1 aromatic carbocycles. The number of benzene rings is 1. The summed E-state index contributed by atoms with van der Waals surface area (Å²) in [4.78, 5) is 74.1. The number of carbonyl (C=O) groups excluding carboxylic acids is 5. The van der Waals surface area contributed by atoms with E-state index in [0.717, 1.165) is 32.5 Å². The van der Waals surface area contributed by atoms with Gasteiger partial charge in [-0.25, -0.2) is 19.2 Å². The number of unbranched alkanes of at least 4 members (excludes halogenated alkanes) is 2. The van der Waals surface area contributed by atoms with Crippen molar-refractivity contribution in [2.75, 3.05) is 51.2 Å². The molecule has 1 aliphatic rings. The van der Waals surface area contributed by atoms with E-state index in [1.54, 1.807) is 107 Å². The van der Waals surface area contributed by atoms with Crippen LogP contribution in [0.2, 0.25) is 0 Å². The maximum absolute atomic E-state index is 12.9. The number of nitrogens with zero attached hydrogens (tertiary/aromatic N) is 4. The summed E-state index contributed by atoms with van der Waals surface area (Å²) in [5.41, 5.74) is -2.45. The fourth-order valence-electron chi connectivity index (χ4n) is 5.16. The zero-order chi connectivity index (χ0) is 44.4. The van der Waals surface area contributed by atoms with Crippen LogP contribution in [0.25, 0.3) is 0 Å². The molecule has 2 rings (SSSR count). The number of ether oxygens (including phenoxy) is 5. The lowest BCUT2D eigenvalue weighted by atomic mass is 10.1. The van der Waals surface area contributed by atoms with Gasteiger partial charge in [-0.2, -0.15) is 0 Å². The Morgan fingerprint density at radius 3 is 1.61 bits per heavy atom. The monoisotopic (exact) mass is 833 g/mol. The van der Waals surface area contributed by atoms with E-state index in [0.29, 0.717) is 56.9 Å². The van der Waals surface area contributed by atoms with Gasteiger partial charge in [0.05, 0.1) is 6.61 Å². The molecule has 0 aliphatic carbocycles. The van der Waals surface area contributed by atoms with Crippen molar-refractivity contribution in [2.45, 2.75) is 138 Å². The molecule has 0 saturated carbocycles. The molecule has 1 fully saturated rings. The number of piperazine rings is 1. The number of hydrogen-bond acceptors (Lipinski definition) is 11. The second-order valence-electron chi connectivity index (χ2n) is 17.9. The lowest BCUT2D eigenvalue weighted by Gasteiger charge is -2.34. The van der Waals surface area contributed by atoms with Gasteiger partial charge in [0.25, 0.3) is 0 Å². The van der Waals surface area contributed by atoms with E-state index in [1.807, 2.05) is 4.90 Å². The minimum Gasteiger partial charge on any atom is -0.494 e. The van der Waals surface area contributed by atoms with E-state index in [1.165, 1.54) is 0 Å². The Morgan fingerprint density at radius 2 is 1.10 bits per heavy atom. The van der Waals surface area contributed by atoms with Crippen LogP contribution in [-0.4, -0.2) is 120 Å². The molecule has 332 valence electrons. The highest BCUT2D eigenvalue weighted by molar-refractivity contribution is 6.06. The number of hydrogen-bond donors (Lipinski definition) is 4. The van der Waals surface area contributed by atoms with Crippen molar-refractivity contribution in [3.63, 3.8) is 0 Å². The first-order valence-electron chi connectivity index (χ1n) is 20.1. The molecule has 59 heavy (non-hydrogen) atoms. The van der Waals surface area contributed by atoms with Crippen LogP contribution in [0.15, 0.2) is 34.3 Å². The molecule has 4 N–H and O–H groups in total. The number of alkyl carbamates (subject to hydrolysis) is 2. The van der Waals surface area contributed by atoms with Crippen molar-refractivity contribution >= 4 is 47.9 Å². The number of anilines is 1. The van der Waals surface area contributed by atoms with Crippen LogP contribution in [0.1, 0.15) is 115 Å². The SMILES string of the molecule is CC(C)(C)OC(=O)/N=C(\NCCCCCC(=O)N1CCN(CCCOc2ccc(N/C(=N\C(=O)OC(C)(C)C)NC(=O)OC(C)(C)C)cc2)CC1)NC(=O)OC(C)(C)C. The Morgan fingerprint density at radius 1 is 0.610 bits per heavy atom. The van der Waals surface area contributed by atoms with Crippen LogP contribution >= 0.6 is 0 Å². The standard InChI is InChI=1S/C41H68N8O10/c1-38(2,3)56-34(51)44-32(45-35(52)57-39(4,5)6)42-22-15-13-14-17-31(50)49-26-24-48(25-27-49)23-16-28-55-30-20-18-29(19-21-30)43-33(46-36(53)58-40(7,8)9)47-37(54)59-41(10,11)12/h18-21H,13-17,22-28H2,1-12H3,(H2,42,44,45,51,52)(H2,43,46,47,53,54). The molecular formula is C41H68N8O10. The Bertz CT molecular complexity index is 1600. The van der Waals surface area contributed by atoms with Gasteiger partial charge in [0, 0.05) is 51.4 Å². The van der Waals surface area contributed by atoms with Crippen LogP contribution in [-0.2, 0) is 23.7 Å². The van der Waals surface area contributed by atoms with E-state index in [9.17, 15) is 24.0 Å². The van der Waals surface area contributed by atoms with Crippen molar-refractivity contribution in [1.82, 2.24) is 25.8 Å². The van der Waals surface area contributed by atoms with Crippen LogP contribution in [0.4, 0.5) is 24.9 Å². The largest absolute Gasteiger partial charge is 0.494 e. The maximum Gasteiger partial charge on any atom is 0.437 e. The summed E-state index contributed by atoms with van der Waals surface area (Å²) >= 11 is 0. The van der Waals surface area contributed by atoms with E-state index < -0.39 is 46.8 Å². The predicted molar refractivity (Wildman–Crippen MR) is 226 cm³/mol. The third-order valence-corrected chi connectivity index (χ3v) is 7.52. The quantitative estimate of drug-likeness (QED) is 0.0741. The number of amides is 5. The van der Waals surface area contributed by atoms with E-state index in [4.69, 9.17) is 23.7 Å². The van der Waals surface area contributed by atoms with Crippen molar-refractivity contribution in [3.05, 3.63) is 24.3 Å². The fraction of sp³-hybridized carbons (Fsp3) is 0.683. The first-order valence-corrected chi connectivity index (χ1v) is 20.1. The number of carbonyl (C=O) groups is 5. The van der Waals surface area contributed by atoms with E-state index in [2.05, 4.69) is 36.2 Å². The first-order chi connectivity index (χ1) is 27.2. The Hall–Kier alpha value is -5.13. The predicted octanol–water partition coefficient (Wildman–Crippen LogP) is 6.79. The third kappa shape index (κ3) is 24.4. The number of rotatable bonds is 12. The van der Waals surface area contributed by atoms with Gasteiger partial charge in [-0.15, -0.1) is 9.98 Å². The van der Waals surface area contributed by atoms with E-state index in [-0.39, 0.29) is 17.8 Å². The summed E-state index contributed by atoms with van der Waals surface area (Å²) in [6.07, 6.45) is 0.143. The molecule has 18 heteroatoms. The van der Waals surface area contributed by atoms with Gasteiger partial charge in [0.1, 0.15) is 28.2 Å². The minimum absolute atomic E-state index is 0.0629. The molecule has 0 aromatic heterocycles. The average Bonchev–Trinajstić information content (AvgIpc) is 3.05. The zero-order valence-corrected chi connectivity index (χ0v) is 37.2. The second-order valence-corrected chi connectivity index (χ2v) is 17.9. The number of nitrogens with one attached hydrogen (secondary N) is 4. The van der Waals surface area contributed by atoms with Crippen molar-refractivity contribution in [1.29, 1.82) is 0 Å². The molecule has 1 heterocycles. The van der Waals surface area contributed by atoms with Crippen LogP contribution in [0, 0.1) is 0 Å². The molecule has 0 spiro atoms. The van der Waals surface area contributed by atoms with Gasteiger partial charge in [0.2, 0.25) is 17.8 Å². The molecule has 0 unspecified atom stereocenters. The van der Waals surface area contributed by atoms with Crippen molar-refractivity contribution in [2.24, 2.45) is 9.98 Å². The highest BCUT2D eigenvalue weighted by Gasteiger charge is 2.23. The smallest absolute Gasteiger partial charge is 0.437 e. The summed E-state index contributed by atoms with van der Waals surface area (Å²) < 4.78 is 27.0. The zero-order valence-electron chi connectivity index (χ0n) is 37.2. The second kappa shape index (κ2) is 22.9. The van der Waals surface area contributed by atoms with Crippen molar-refractivity contribution < 1.29 is 47.7 Å². The molecule has 18 nitrogen and oxygen atoms in total. The molecule has 0 bridgehead atoms. The summed E-state index contributed by atoms with van der Waals surface area (Å²) in [7, 11) is 0. The Kier molecular flexibility index (Phi) is 19.4. The van der Waals surface area contributed by atoms with Gasteiger partial charge < -0.3 is 39.2 Å². The van der Waals surface area contributed by atoms with E-state index >= 15 is 0 Å². The highest BCUT2D eigenvalue weighted by atomic mass is 16.6. The molecular weight excluding hydrogens is 764 g/mol. The van der Waals surface area contributed by atoms with Crippen LogP contribution in [0.5, 0.6) is 5.75 Å². The summed E-state index contributed by atoms with van der Waals surface area (Å²) in [6.45, 7) is 25.3. The fourth-order valence-corrected chi connectivity index (χ4v) is 5.16.